The van der Waals surface area contributed by atoms with Gasteiger partial charge in [-0.05, 0) is 36.6 Å². The fraction of sp³-hybridized carbons (Fsp3) is 0.250. The van der Waals surface area contributed by atoms with E-state index in [1.54, 1.807) is 12.1 Å². The highest BCUT2D eigenvalue weighted by Gasteiger charge is 2.25. The first-order valence-corrected chi connectivity index (χ1v) is 12.3. The predicted molar refractivity (Wildman–Crippen MR) is 109 cm³/mol. The molecule has 142 valence electrons. The van der Waals surface area contributed by atoms with E-state index in [4.69, 9.17) is 10.3 Å². The first kappa shape index (κ1) is 21.5. The number of rotatable bonds is 6. The number of nitrogens with two attached hydrogens (primary N) is 2. The number of primary sulfonamides is 2. The van der Waals surface area contributed by atoms with Crippen molar-refractivity contribution < 1.29 is 16.8 Å². The minimum absolute atomic E-state index is 0.0902. The SMILES string of the molecule is CCCCc1c(Br)ccc(-c2ccc(Br)cc2S(N)(=O)=O)c1S(N)(=O)=O. The van der Waals surface area contributed by atoms with Crippen LogP contribution < -0.4 is 10.3 Å². The van der Waals surface area contributed by atoms with Crippen LogP contribution >= 0.6 is 31.9 Å². The smallest absolute Gasteiger partial charge is 0.225 e. The van der Waals surface area contributed by atoms with Crippen molar-refractivity contribution in [3.63, 3.8) is 0 Å². The van der Waals surface area contributed by atoms with E-state index < -0.39 is 20.0 Å². The van der Waals surface area contributed by atoms with Crippen molar-refractivity contribution in [3.8, 4) is 11.1 Å². The molecule has 0 heterocycles. The molecule has 2 rings (SSSR count). The van der Waals surface area contributed by atoms with Gasteiger partial charge in [-0.15, -0.1) is 0 Å². The van der Waals surface area contributed by atoms with Crippen LogP contribution in [0.15, 0.2) is 49.1 Å². The minimum Gasteiger partial charge on any atom is -0.225 e. The van der Waals surface area contributed by atoms with Crippen molar-refractivity contribution >= 4 is 51.9 Å². The van der Waals surface area contributed by atoms with E-state index in [0.29, 0.717) is 20.9 Å². The van der Waals surface area contributed by atoms with Crippen LogP contribution in [-0.2, 0) is 26.5 Å². The highest BCUT2D eigenvalue weighted by molar-refractivity contribution is 9.10. The third-order valence-electron chi connectivity index (χ3n) is 3.81. The van der Waals surface area contributed by atoms with E-state index >= 15 is 0 Å². The van der Waals surface area contributed by atoms with Crippen LogP contribution in [0.5, 0.6) is 0 Å². The van der Waals surface area contributed by atoms with Gasteiger partial charge in [0.15, 0.2) is 0 Å². The number of hydrogen-bond donors (Lipinski definition) is 2. The van der Waals surface area contributed by atoms with Crippen molar-refractivity contribution in [1.29, 1.82) is 0 Å². The van der Waals surface area contributed by atoms with Crippen molar-refractivity contribution in [2.45, 2.75) is 36.0 Å². The molecule has 6 nitrogen and oxygen atoms in total. The van der Waals surface area contributed by atoms with E-state index in [2.05, 4.69) is 31.9 Å². The second kappa shape index (κ2) is 8.07. The monoisotopic (exact) mass is 524 g/mol. The minimum atomic E-state index is -4.11. The molecule has 10 heteroatoms. The Kier molecular flexibility index (Phi) is 6.68. The third-order valence-corrected chi connectivity index (χ3v) is 7.03. The molecule has 0 aliphatic carbocycles. The van der Waals surface area contributed by atoms with Crippen LogP contribution in [0.3, 0.4) is 0 Å². The van der Waals surface area contributed by atoms with Gasteiger partial charge in [-0.2, -0.15) is 0 Å². The lowest BCUT2D eigenvalue weighted by molar-refractivity contribution is 0.594. The zero-order chi connectivity index (χ0) is 19.7. The zero-order valence-electron chi connectivity index (χ0n) is 13.9. The van der Waals surface area contributed by atoms with Gasteiger partial charge in [-0.1, -0.05) is 57.3 Å². The summed E-state index contributed by atoms with van der Waals surface area (Å²) in [5.41, 5.74) is 0.915. The molecular weight excluding hydrogens is 508 g/mol. The first-order valence-electron chi connectivity index (χ1n) is 7.63. The molecule has 0 atom stereocenters. The van der Waals surface area contributed by atoms with E-state index in [9.17, 15) is 16.8 Å². The molecule has 26 heavy (non-hydrogen) atoms. The fourth-order valence-corrected chi connectivity index (χ4v) is 5.67. The fourth-order valence-electron chi connectivity index (χ4n) is 2.68. The Labute approximate surface area is 170 Å². The predicted octanol–water partition coefficient (Wildman–Crippen LogP) is 3.52. The van der Waals surface area contributed by atoms with Gasteiger partial charge in [0.25, 0.3) is 0 Å². The van der Waals surface area contributed by atoms with E-state index in [1.165, 1.54) is 18.2 Å². The topological polar surface area (TPSA) is 120 Å². The number of sulfonamides is 2. The van der Waals surface area contributed by atoms with Crippen LogP contribution in [-0.4, -0.2) is 16.8 Å². The lowest BCUT2D eigenvalue weighted by Crippen LogP contribution is -2.18. The van der Waals surface area contributed by atoms with E-state index in [-0.39, 0.29) is 20.9 Å². The van der Waals surface area contributed by atoms with E-state index in [0.717, 1.165) is 12.8 Å². The Morgan fingerprint density at radius 3 is 2.08 bits per heavy atom. The van der Waals surface area contributed by atoms with Crippen LogP contribution in [0, 0.1) is 0 Å². The van der Waals surface area contributed by atoms with Crippen LogP contribution in [0.1, 0.15) is 25.3 Å². The molecule has 0 aliphatic rings. The lowest BCUT2D eigenvalue weighted by atomic mass is 10.00. The quantitative estimate of drug-likeness (QED) is 0.599. The van der Waals surface area contributed by atoms with Crippen LogP contribution in [0.2, 0.25) is 0 Å². The molecule has 0 amide bonds. The Balaban J connectivity index is 2.93. The van der Waals surface area contributed by atoms with Gasteiger partial charge >= 0.3 is 0 Å². The highest BCUT2D eigenvalue weighted by Crippen LogP contribution is 2.38. The molecule has 0 saturated carbocycles. The van der Waals surface area contributed by atoms with Crippen molar-refractivity contribution in [3.05, 3.63) is 44.8 Å². The number of hydrogen-bond acceptors (Lipinski definition) is 4. The molecule has 0 radical (unpaired) electrons. The molecule has 0 fully saturated rings. The van der Waals surface area contributed by atoms with Gasteiger partial charge in [-0.3, -0.25) is 0 Å². The summed E-state index contributed by atoms with van der Waals surface area (Å²) in [6.07, 6.45) is 2.10. The molecule has 0 unspecified atom stereocenters. The molecule has 0 aromatic heterocycles. The summed E-state index contributed by atoms with van der Waals surface area (Å²) in [5, 5.41) is 10.8. The second-order valence-electron chi connectivity index (χ2n) is 5.74. The summed E-state index contributed by atoms with van der Waals surface area (Å²) in [5.74, 6) is 0. The Morgan fingerprint density at radius 2 is 1.54 bits per heavy atom. The number of unbranched alkanes of at least 4 members (excludes halogenated alkanes) is 1. The van der Waals surface area contributed by atoms with Gasteiger partial charge in [0, 0.05) is 20.1 Å². The summed E-state index contributed by atoms with van der Waals surface area (Å²) in [4.78, 5) is -0.270. The molecule has 2 aromatic carbocycles. The standard InChI is InChI=1S/C16H18Br2N2O4S2/c1-2-3-4-13-14(18)8-7-12(16(13)26(20,23)24)11-6-5-10(17)9-15(11)25(19,21)22/h5-9H,2-4H2,1H3,(H2,19,21,22)(H2,20,23,24). The Hall–Kier alpha value is -0.780. The second-order valence-corrected chi connectivity index (χ2v) is 10.5. The zero-order valence-corrected chi connectivity index (χ0v) is 18.7. The maximum atomic E-state index is 12.4. The number of benzene rings is 2. The molecule has 0 bridgehead atoms. The van der Waals surface area contributed by atoms with Gasteiger partial charge in [-0.25, -0.2) is 27.1 Å². The van der Waals surface area contributed by atoms with Gasteiger partial charge in [0.2, 0.25) is 20.0 Å². The molecule has 0 spiro atoms. The summed E-state index contributed by atoms with van der Waals surface area (Å²) in [6, 6.07) is 7.67. The van der Waals surface area contributed by atoms with Gasteiger partial charge in [0.1, 0.15) is 0 Å². The molecule has 0 saturated heterocycles. The van der Waals surface area contributed by atoms with E-state index in [1.807, 2.05) is 6.92 Å². The largest absolute Gasteiger partial charge is 0.238 e. The normalized spacial score (nSPS) is 12.3. The molecule has 2 aromatic rings. The molecular formula is C16H18Br2N2O4S2. The maximum absolute atomic E-state index is 12.4. The average Bonchev–Trinajstić information content (AvgIpc) is 2.52. The lowest BCUT2D eigenvalue weighted by Gasteiger charge is -2.17. The maximum Gasteiger partial charge on any atom is 0.238 e. The summed E-state index contributed by atoms with van der Waals surface area (Å²) in [6.45, 7) is 1.99. The Bertz CT molecular complexity index is 1050. The average molecular weight is 526 g/mol. The van der Waals surface area contributed by atoms with Gasteiger partial charge < -0.3 is 0 Å². The first-order chi connectivity index (χ1) is 12.0. The molecule has 4 N–H and O–H groups in total. The van der Waals surface area contributed by atoms with Gasteiger partial charge in [0.05, 0.1) is 9.79 Å². The third kappa shape index (κ3) is 4.73. The highest BCUT2D eigenvalue weighted by atomic mass is 79.9. The molecule has 0 aliphatic heterocycles. The van der Waals surface area contributed by atoms with Crippen molar-refractivity contribution in [1.82, 2.24) is 0 Å². The van der Waals surface area contributed by atoms with Crippen molar-refractivity contribution in [2.75, 3.05) is 0 Å². The summed E-state index contributed by atoms with van der Waals surface area (Å²) in [7, 11) is -8.20. The van der Waals surface area contributed by atoms with Crippen LogP contribution in [0.25, 0.3) is 11.1 Å². The van der Waals surface area contributed by atoms with Crippen LogP contribution in [0.4, 0.5) is 0 Å². The number of halogens is 2. The summed E-state index contributed by atoms with van der Waals surface area (Å²) < 4.78 is 49.9. The Morgan fingerprint density at radius 1 is 0.923 bits per heavy atom. The van der Waals surface area contributed by atoms with Crippen molar-refractivity contribution in [2.24, 2.45) is 10.3 Å². The summed E-state index contributed by atoms with van der Waals surface area (Å²) >= 11 is 6.58.